The van der Waals surface area contributed by atoms with Gasteiger partial charge in [0.2, 0.25) is 0 Å². The van der Waals surface area contributed by atoms with E-state index in [2.05, 4.69) is 78.7 Å². The molecule has 1 atom stereocenters. The van der Waals surface area contributed by atoms with Crippen molar-refractivity contribution in [3.05, 3.63) is 71.4 Å². The molecule has 1 unspecified atom stereocenters. The molecule has 0 amide bonds. The molecule has 0 aliphatic carbocycles. The Bertz CT molecular complexity index is 679. The van der Waals surface area contributed by atoms with Gasteiger partial charge < -0.3 is 10.3 Å². The van der Waals surface area contributed by atoms with Gasteiger partial charge in [-0.3, -0.25) is 0 Å². The molecule has 0 radical (unpaired) electrons. The first-order chi connectivity index (χ1) is 9.72. The van der Waals surface area contributed by atoms with Crippen LogP contribution < -0.4 is 5.32 Å². The Kier molecular flexibility index (Phi) is 3.57. The van der Waals surface area contributed by atoms with E-state index in [9.17, 15) is 0 Å². The van der Waals surface area contributed by atoms with Crippen LogP contribution in [0.2, 0.25) is 0 Å². The van der Waals surface area contributed by atoms with Gasteiger partial charge in [0, 0.05) is 23.8 Å². The number of H-pyrrole nitrogens is 1. The Morgan fingerprint density at radius 2 is 1.90 bits per heavy atom. The third-order valence-corrected chi connectivity index (χ3v) is 3.73. The standard InChI is InChI=1S/C18H20N2/c1-13-6-5-8-15(10-13)14(2)19-12-17-11-16-7-3-4-9-18(16)20-17/h3-11,14,19-20H,12H2,1-2H3. The van der Waals surface area contributed by atoms with Gasteiger partial charge in [-0.1, -0.05) is 48.0 Å². The molecule has 2 heteroatoms. The van der Waals surface area contributed by atoms with E-state index >= 15 is 0 Å². The van der Waals surface area contributed by atoms with E-state index in [0.717, 1.165) is 6.54 Å². The number of hydrogen-bond acceptors (Lipinski definition) is 1. The van der Waals surface area contributed by atoms with E-state index in [1.54, 1.807) is 0 Å². The summed E-state index contributed by atoms with van der Waals surface area (Å²) >= 11 is 0. The molecule has 0 aliphatic heterocycles. The summed E-state index contributed by atoms with van der Waals surface area (Å²) in [5.41, 5.74) is 5.07. The lowest BCUT2D eigenvalue weighted by atomic mass is 10.1. The first kappa shape index (κ1) is 12.9. The molecule has 20 heavy (non-hydrogen) atoms. The first-order valence-corrected chi connectivity index (χ1v) is 7.09. The van der Waals surface area contributed by atoms with Gasteiger partial charge >= 0.3 is 0 Å². The third-order valence-electron chi connectivity index (χ3n) is 3.73. The zero-order valence-corrected chi connectivity index (χ0v) is 12.0. The quantitative estimate of drug-likeness (QED) is 0.721. The molecular weight excluding hydrogens is 244 g/mol. The predicted molar refractivity (Wildman–Crippen MR) is 84.7 cm³/mol. The number of aromatic amines is 1. The second-order valence-corrected chi connectivity index (χ2v) is 5.40. The van der Waals surface area contributed by atoms with Crippen molar-refractivity contribution in [3.63, 3.8) is 0 Å². The van der Waals surface area contributed by atoms with Crippen molar-refractivity contribution in [1.82, 2.24) is 10.3 Å². The van der Waals surface area contributed by atoms with Gasteiger partial charge in [-0.05, 0) is 36.9 Å². The summed E-state index contributed by atoms with van der Waals surface area (Å²) in [5.74, 6) is 0. The normalized spacial score (nSPS) is 12.7. The van der Waals surface area contributed by atoms with E-state index in [4.69, 9.17) is 0 Å². The molecule has 1 aromatic heterocycles. The number of aryl methyl sites for hydroxylation is 1. The molecule has 1 heterocycles. The minimum atomic E-state index is 0.348. The lowest BCUT2D eigenvalue weighted by Gasteiger charge is -2.14. The molecule has 0 saturated carbocycles. The van der Waals surface area contributed by atoms with Gasteiger partial charge in [0.25, 0.3) is 0 Å². The predicted octanol–water partition coefficient (Wildman–Crippen LogP) is 4.33. The van der Waals surface area contributed by atoms with Crippen molar-refractivity contribution in [2.45, 2.75) is 26.4 Å². The maximum absolute atomic E-state index is 3.57. The molecule has 3 aromatic rings. The first-order valence-electron chi connectivity index (χ1n) is 7.09. The highest BCUT2D eigenvalue weighted by atomic mass is 14.9. The molecule has 0 saturated heterocycles. The molecule has 0 aliphatic rings. The van der Waals surface area contributed by atoms with Crippen LogP contribution >= 0.6 is 0 Å². The number of rotatable bonds is 4. The summed E-state index contributed by atoms with van der Waals surface area (Å²) in [5, 5.41) is 4.84. The topological polar surface area (TPSA) is 27.8 Å². The fourth-order valence-corrected chi connectivity index (χ4v) is 2.55. The number of aromatic nitrogens is 1. The van der Waals surface area contributed by atoms with Crippen molar-refractivity contribution in [2.75, 3.05) is 0 Å². The van der Waals surface area contributed by atoms with Gasteiger partial charge in [-0.25, -0.2) is 0 Å². The van der Waals surface area contributed by atoms with Gasteiger partial charge in [-0.2, -0.15) is 0 Å². The Balaban J connectivity index is 1.69. The summed E-state index contributed by atoms with van der Waals surface area (Å²) < 4.78 is 0. The molecule has 0 spiro atoms. The molecule has 102 valence electrons. The van der Waals surface area contributed by atoms with Gasteiger partial charge in [0.05, 0.1) is 0 Å². The Morgan fingerprint density at radius 3 is 2.70 bits per heavy atom. The van der Waals surface area contributed by atoms with Crippen LogP contribution in [0, 0.1) is 6.92 Å². The maximum Gasteiger partial charge on any atom is 0.0456 e. The summed E-state index contributed by atoms with van der Waals surface area (Å²) in [6, 6.07) is 19.6. The van der Waals surface area contributed by atoms with Crippen LogP contribution in [0.25, 0.3) is 10.9 Å². The summed E-state index contributed by atoms with van der Waals surface area (Å²) in [4.78, 5) is 3.45. The largest absolute Gasteiger partial charge is 0.357 e. The van der Waals surface area contributed by atoms with E-state index in [1.807, 2.05) is 0 Å². The minimum Gasteiger partial charge on any atom is -0.357 e. The average molecular weight is 264 g/mol. The van der Waals surface area contributed by atoms with Gasteiger partial charge in [-0.15, -0.1) is 0 Å². The molecule has 2 aromatic carbocycles. The van der Waals surface area contributed by atoms with Crippen LogP contribution in [0.3, 0.4) is 0 Å². The SMILES string of the molecule is Cc1cccc(C(C)NCc2cc3ccccc3[nH]2)c1. The molecule has 0 bridgehead atoms. The Morgan fingerprint density at radius 1 is 1.05 bits per heavy atom. The van der Waals surface area contributed by atoms with Crippen LogP contribution in [0.1, 0.15) is 29.8 Å². The maximum atomic E-state index is 3.57. The zero-order valence-electron chi connectivity index (χ0n) is 12.0. The van der Waals surface area contributed by atoms with E-state index < -0.39 is 0 Å². The van der Waals surface area contributed by atoms with E-state index in [-0.39, 0.29) is 0 Å². The number of hydrogen-bond donors (Lipinski definition) is 2. The van der Waals surface area contributed by atoms with Gasteiger partial charge in [0.15, 0.2) is 0 Å². The van der Waals surface area contributed by atoms with Gasteiger partial charge in [0.1, 0.15) is 0 Å². The fourth-order valence-electron chi connectivity index (χ4n) is 2.55. The van der Waals surface area contributed by atoms with E-state index in [1.165, 1.54) is 27.7 Å². The van der Waals surface area contributed by atoms with Crippen LogP contribution in [0.15, 0.2) is 54.6 Å². The summed E-state index contributed by atoms with van der Waals surface area (Å²) in [7, 11) is 0. The third kappa shape index (κ3) is 2.75. The molecule has 2 N–H and O–H groups in total. The summed E-state index contributed by atoms with van der Waals surface area (Å²) in [6.07, 6.45) is 0. The second-order valence-electron chi connectivity index (χ2n) is 5.40. The van der Waals surface area contributed by atoms with Crippen molar-refractivity contribution in [2.24, 2.45) is 0 Å². The number of fused-ring (bicyclic) bond motifs is 1. The minimum absolute atomic E-state index is 0.348. The smallest absolute Gasteiger partial charge is 0.0456 e. The lowest BCUT2D eigenvalue weighted by molar-refractivity contribution is 0.569. The van der Waals surface area contributed by atoms with Crippen LogP contribution in [0.5, 0.6) is 0 Å². The van der Waals surface area contributed by atoms with Crippen molar-refractivity contribution >= 4 is 10.9 Å². The molecule has 3 rings (SSSR count). The molecular formula is C18H20N2. The Labute approximate surface area is 119 Å². The molecule has 0 fully saturated rings. The highest BCUT2D eigenvalue weighted by Gasteiger charge is 2.06. The van der Waals surface area contributed by atoms with Crippen molar-refractivity contribution < 1.29 is 0 Å². The van der Waals surface area contributed by atoms with Crippen LogP contribution in [0.4, 0.5) is 0 Å². The van der Waals surface area contributed by atoms with E-state index in [0.29, 0.717) is 6.04 Å². The molecule has 2 nitrogen and oxygen atoms in total. The fraction of sp³-hybridized carbons (Fsp3) is 0.222. The highest BCUT2D eigenvalue weighted by Crippen LogP contribution is 2.17. The number of benzene rings is 2. The lowest BCUT2D eigenvalue weighted by Crippen LogP contribution is -2.18. The van der Waals surface area contributed by atoms with Crippen molar-refractivity contribution in [1.29, 1.82) is 0 Å². The van der Waals surface area contributed by atoms with Crippen molar-refractivity contribution in [3.8, 4) is 0 Å². The average Bonchev–Trinajstić information content (AvgIpc) is 2.87. The van der Waals surface area contributed by atoms with Crippen LogP contribution in [-0.2, 0) is 6.54 Å². The monoisotopic (exact) mass is 264 g/mol. The zero-order chi connectivity index (χ0) is 13.9. The second kappa shape index (κ2) is 5.51. The highest BCUT2D eigenvalue weighted by molar-refractivity contribution is 5.80. The Hall–Kier alpha value is -2.06. The number of para-hydroxylation sites is 1. The number of nitrogens with one attached hydrogen (secondary N) is 2. The van der Waals surface area contributed by atoms with Crippen LogP contribution in [-0.4, -0.2) is 4.98 Å². The summed E-state index contributed by atoms with van der Waals surface area (Å²) in [6.45, 7) is 5.19.